The molecule has 0 spiro atoms. The molecule has 2 aliphatic rings. The molecular formula is C34H38F6N6O4. The Labute approximate surface area is 284 Å². The van der Waals surface area contributed by atoms with Gasteiger partial charge in [0.2, 0.25) is 17.5 Å². The molecule has 2 saturated heterocycles. The molecule has 2 N–H and O–H groups in total. The zero-order valence-electron chi connectivity index (χ0n) is 27.5. The Morgan fingerprint density at radius 1 is 1.08 bits per heavy atom. The summed E-state index contributed by atoms with van der Waals surface area (Å²) in [6.45, 7) is 0.0296. The second kappa shape index (κ2) is 14.7. The molecule has 2 atom stereocenters. The summed E-state index contributed by atoms with van der Waals surface area (Å²) in [5.41, 5.74) is -3.13. The summed E-state index contributed by atoms with van der Waals surface area (Å²) in [6.07, 6.45) is -0.842. The molecule has 0 bridgehead atoms. The van der Waals surface area contributed by atoms with Gasteiger partial charge in [0.05, 0.1) is 18.0 Å². The van der Waals surface area contributed by atoms with Gasteiger partial charge in [-0.1, -0.05) is 12.1 Å². The maximum atomic E-state index is 17.0. The highest BCUT2D eigenvalue weighted by Crippen LogP contribution is 2.42. The van der Waals surface area contributed by atoms with E-state index in [-0.39, 0.29) is 75.1 Å². The van der Waals surface area contributed by atoms with E-state index in [1.807, 2.05) is 0 Å². The number of alkyl halides is 4. The lowest BCUT2D eigenvalue weighted by Crippen LogP contribution is -2.45. The minimum absolute atomic E-state index is 0.0801. The van der Waals surface area contributed by atoms with Crippen LogP contribution in [0.2, 0.25) is 0 Å². The zero-order valence-corrected chi connectivity index (χ0v) is 27.5. The van der Waals surface area contributed by atoms with E-state index < -0.39 is 59.3 Å². The van der Waals surface area contributed by atoms with Gasteiger partial charge in [0.15, 0.2) is 0 Å². The molecule has 0 aliphatic carbocycles. The smallest absolute Gasteiger partial charge is 0.416 e. The number of carboxylic acid groups (broad SMARTS) is 1. The van der Waals surface area contributed by atoms with E-state index in [0.717, 1.165) is 24.3 Å². The number of hydrogen-bond acceptors (Lipinski definition) is 6. The van der Waals surface area contributed by atoms with Crippen LogP contribution in [0.3, 0.4) is 0 Å². The van der Waals surface area contributed by atoms with Crippen LogP contribution in [0, 0.1) is 17.6 Å². The number of anilines is 2. The average molecular weight is 709 g/mol. The summed E-state index contributed by atoms with van der Waals surface area (Å²) in [5, 5.41) is 11.9. The van der Waals surface area contributed by atoms with Crippen molar-refractivity contribution in [3.8, 4) is 0 Å². The number of amides is 2. The molecule has 1 aromatic heterocycles. The van der Waals surface area contributed by atoms with Crippen LogP contribution < -0.4 is 10.2 Å². The van der Waals surface area contributed by atoms with Crippen molar-refractivity contribution in [1.29, 1.82) is 0 Å². The number of aromatic nitrogens is 2. The molecule has 270 valence electrons. The van der Waals surface area contributed by atoms with Crippen molar-refractivity contribution in [2.45, 2.75) is 50.0 Å². The number of nitrogens with one attached hydrogen (secondary N) is 1. The van der Waals surface area contributed by atoms with E-state index in [4.69, 9.17) is 0 Å². The fourth-order valence-electron chi connectivity index (χ4n) is 6.60. The normalized spacial score (nSPS) is 20.2. The van der Waals surface area contributed by atoms with Crippen molar-refractivity contribution in [3.05, 3.63) is 77.1 Å². The van der Waals surface area contributed by atoms with Gasteiger partial charge in [0.1, 0.15) is 11.6 Å². The van der Waals surface area contributed by atoms with Crippen LogP contribution in [0.25, 0.3) is 0 Å². The van der Waals surface area contributed by atoms with Gasteiger partial charge in [0.25, 0.3) is 5.91 Å². The highest BCUT2D eigenvalue weighted by Gasteiger charge is 2.54. The third-order valence-corrected chi connectivity index (χ3v) is 9.41. The number of aliphatic carboxylic acids is 1. The van der Waals surface area contributed by atoms with Crippen molar-refractivity contribution in [2.24, 2.45) is 5.92 Å². The van der Waals surface area contributed by atoms with Crippen LogP contribution in [0.15, 0.2) is 48.8 Å². The predicted molar refractivity (Wildman–Crippen MR) is 171 cm³/mol. The molecule has 5 rings (SSSR count). The number of carboxylic acids is 1. The number of rotatable bonds is 11. The topological polar surface area (TPSA) is 111 Å². The highest BCUT2D eigenvalue weighted by molar-refractivity contribution is 5.97. The van der Waals surface area contributed by atoms with E-state index in [1.165, 1.54) is 27.9 Å². The number of halogens is 6. The minimum atomic E-state index is -4.63. The Morgan fingerprint density at radius 2 is 1.80 bits per heavy atom. The summed E-state index contributed by atoms with van der Waals surface area (Å²) in [7, 11) is 3.21. The average Bonchev–Trinajstić information content (AvgIpc) is 3.64. The SMILES string of the molecule is CN(C)C(=O)CCCN1C[C@@H](c2ccc(F)cc2F)[C@](F)(C(=O)Nc2nccn2Cc2ccc(C(F)(F)F)cc2N2CCC(C(=O)O)CC2)C1. The highest BCUT2D eigenvalue weighted by atomic mass is 19.4. The van der Waals surface area contributed by atoms with Gasteiger partial charge in [-0.25, -0.2) is 18.2 Å². The summed E-state index contributed by atoms with van der Waals surface area (Å²) in [6, 6.07) is 5.92. The lowest BCUT2D eigenvalue weighted by atomic mass is 9.85. The molecular weight excluding hydrogens is 670 g/mol. The predicted octanol–water partition coefficient (Wildman–Crippen LogP) is 5.14. The van der Waals surface area contributed by atoms with E-state index in [2.05, 4.69) is 10.3 Å². The fraction of sp³-hybridized carbons (Fsp3) is 0.471. The zero-order chi connectivity index (χ0) is 36.4. The van der Waals surface area contributed by atoms with Gasteiger partial charge in [-0.2, -0.15) is 13.2 Å². The quantitative estimate of drug-likeness (QED) is 0.266. The van der Waals surface area contributed by atoms with Crippen molar-refractivity contribution in [2.75, 3.05) is 57.0 Å². The molecule has 10 nitrogen and oxygen atoms in total. The van der Waals surface area contributed by atoms with Crippen LogP contribution in [-0.2, 0) is 27.1 Å². The van der Waals surface area contributed by atoms with Crippen LogP contribution in [-0.4, -0.2) is 94.7 Å². The first kappa shape index (κ1) is 36.7. The summed E-state index contributed by atoms with van der Waals surface area (Å²) < 4.78 is 88.3. The van der Waals surface area contributed by atoms with E-state index in [1.54, 1.807) is 23.9 Å². The van der Waals surface area contributed by atoms with Crippen molar-refractivity contribution in [1.82, 2.24) is 19.4 Å². The molecule has 3 aromatic rings. The standard InChI is InChI=1S/C34H38F6N6O4/c1-43(2)29(47)4-3-12-44-19-26(25-8-7-24(35)17-27(25)36)33(37,20-44)31(50)42-32-41-11-15-46(32)18-22-5-6-23(34(38,39)40)16-28(22)45-13-9-21(10-14-45)30(48)49/h5-8,11,15-17,21,26H,3-4,9-10,12-14,18-20H2,1-2H3,(H,48,49)(H,41,42,50)/t26-,33-/m0/s1. The number of hydrogen-bond donors (Lipinski definition) is 2. The van der Waals surface area contributed by atoms with Crippen LogP contribution in [0.4, 0.5) is 38.0 Å². The molecule has 0 saturated carbocycles. The second-order valence-electron chi connectivity index (χ2n) is 13.0. The fourth-order valence-corrected chi connectivity index (χ4v) is 6.60. The Morgan fingerprint density at radius 3 is 2.44 bits per heavy atom. The first-order chi connectivity index (χ1) is 23.6. The monoisotopic (exact) mass is 708 g/mol. The lowest BCUT2D eigenvalue weighted by molar-refractivity contribution is -0.142. The Balaban J connectivity index is 1.39. The molecule has 0 unspecified atom stereocenters. The maximum absolute atomic E-state index is 17.0. The Bertz CT molecular complexity index is 1720. The third-order valence-electron chi connectivity index (χ3n) is 9.41. The number of likely N-dealkylation sites (tertiary alicyclic amines) is 1. The minimum Gasteiger partial charge on any atom is -0.481 e. The van der Waals surface area contributed by atoms with Crippen LogP contribution in [0.1, 0.15) is 48.3 Å². The van der Waals surface area contributed by atoms with Gasteiger partial charge in [0, 0.05) is 76.8 Å². The van der Waals surface area contributed by atoms with Crippen molar-refractivity contribution < 1.29 is 45.8 Å². The molecule has 2 aromatic carbocycles. The first-order valence-electron chi connectivity index (χ1n) is 16.1. The molecule has 2 amide bonds. The van der Waals surface area contributed by atoms with Crippen molar-refractivity contribution >= 4 is 29.4 Å². The molecule has 3 heterocycles. The van der Waals surface area contributed by atoms with Crippen LogP contribution >= 0.6 is 0 Å². The van der Waals surface area contributed by atoms with Crippen molar-refractivity contribution in [3.63, 3.8) is 0 Å². The molecule has 2 aliphatic heterocycles. The molecule has 0 radical (unpaired) electrons. The van der Waals surface area contributed by atoms with Gasteiger partial charge in [-0.3, -0.25) is 24.6 Å². The Kier molecular flexibility index (Phi) is 10.8. The van der Waals surface area contributed by atoms with Crippen LogP contribution in [0.5, 0.6) is 0 Å². The lowest BCUT2D eigenvalue weighted by Gasteiger charge is -2.34. The number of carbonyl (C=O) groups is 3. The van der Waals surface area contributed by atoms with Gasteiger partial charge in [-0.15, -0.1) is 0 Å². The number of piperidine rings is 1. The van der Waals surface area contributed by atoms with E-state index in [9.17, 15) is 41.4 Å². The number of benzene rings is 2. The van der Waals surface area contributed by atoms with E-state index >= 15 is 4.39 Å². The number of nitrogens with zero attached hydrogens (tertiary/aromatic N) is 5. The molecule has 2 fully saturated rings. The largest absolute Gasteiger partial charge is 0.481 e. The maximum Gasteiger partial charge on any atom is 0.416 e. The van der Waals surface area contributed by atoms with Gasteiger partial charge < -0.3 is 19.5 Å². The Hall–Kier alpha value is -4.60. The summed E-state index contributed by atoms with van der Waals surface area (Å²) >= 11 is 0. The van der Waals surface area contributed by atoms with E-state index in [0.29, 0.717) is 18.1 Å². The molecule has 16 heteroatoms. The van der Waals surface area contributed by atoms with Gasteiger partial charge >= 0.3 is 12.1 Å². The first-order valence-corrected chi connectivity index (χ1v) is 16.1. The molecule has 50 heavy (non-hydrogen) atoms. The number of carbonyl (C=O) groups excluding carboxylic acids is 2. The number of imidazole rings is 1. The van der Waals surface area contributed by atoms with Gasteiger partial charge in [-0.05, 0) is 55.1 Å². The summed E-state index contributed by atoms with van der Waals surface area (Å²) in [5.74, 6) is -6.19. The second-order valence-corrected chi connectivity index (χ2v) is 13.0. The third kappa shape index (κ3) is 8.06. The summed E-state index contributed by atoms with van der Waals surface area (Å²) in [4.78, 5) is 46.1.